The topological polar surface area (TPSA) is 29.3 Å². The molecule has 2 rings (SSSR count). The highest BCUT2D eigenvalue weighted by molar-refractivity contribution is 8.00. The van der Waals surface area contributed by atoms with Gasteiger partial charge in [-0.3, -0.25) is 0 Å². The molecule has 0 radical (unpaired) electrons. The average molecular weight is 242 g/mol. The molecular formula is C13H26N2S. The van der Waals surface area contributed by atoms with Gasteiger partial charge in [0.05, 0.1) is 0 Å². The van der Waals surface area contributed by atoms with Crippen LogP contribution in [-0.4, -0.2) is 42.1 Å². The Balaban J connectivity index is 1.75. The quantitative estimate of drug-likeness (QED) is 0.820. The molecule has 1 saturated carbocycles. The van der Waals surface area contributed by atoms with Gasteiger partial charge in [-0.1, -0.05) is 12.8 Å². The fraction of sp³-hybridized carbons (Fsp3) is 1.00. The Labute approximate surface area is 104 Å². The lowest BCUT2D eigenvalue weighted by molar-refractivity contribution is 0.176. The maximum Gasteiger partial charge on any atom is 0.0303 e. The Kier molecular flexibility index (Phi) is 4.57. The standard InChI is InChI=1S/C13H26N2S/c1-16-13(11-14)6-8-15(9-7-13)10-12-4-2-3-5-12/h12H,2-11,14H2,1H3. The van der Waals surface area contributed by atoms with Crippen LogP contribution >= 0.6 is 11.8 Å². The number of likely N-dealkylation sites (tertiary alicyclic amines) is 1. The summed E-state index contributed by atoms with van der Waals surface area (Å²) < 4.78 is 0.395. The maximum atomic E-state index is 5.92. The van der Waals surface area contributed by atoms with Crippen LogP contribution in [0.3, 0.4) is 0 Å². The van der Waals surface area contributed by atoms with Crippen LogP contribution in [0.5, 0.6) is 0 Å². The summed E-state index contributed by atoms with van der Waals surface area (Å²) in [6, 6.07) is 0. The largest absolute Gasteiger partial charge is 0.329 e. The second-order valence-electron chi connectivity index (χ2n) is 5.54. The molecule has 2 fully saturated rings. The van der Waals surface area contributed by atoms with E-state index in [0.717, 1.165) is 12.5 Å². The summed E-state index contributed by atoms with van der Waals surface area (Å²) in [5.74, 6) is 1.000. The van der Waals surface area contributed by atoms with Crippen molar-refractivity contribution in [3.63, 3.8) is 0 Å². The normalized spacial score (nSPS) is 27.4. The van der Waals surface area contributed by atoms with Crippen LogP contribution in [0.4, 0.5) is 0 Å². The number of nitrogens with zero attached hydrogens (tertiary/aromatic N) is 1. The van der Waals surface area contributed by atoms with Crippen molar-refractivity contribution in [2.24, 2.45) is 11.7 Å². The van der Waals surface area contributed by atoms with Crippen LogP contribution in [0.25, 0.3) is 0 Å². The van der Waals surface area contributed by atoms with Gasteiger partial charge in [0.15, 0.2) is 0 Å². The lowest BCUT2D eigenvalue weighted by atomic mass is 9.94. The van der Waals surface area contributed by atoms with Crippen LogP contribution in [0.1, 0.15) is 38.5 Å². The first-order valence-electron chi connectivity index (χ1n) is 6.75. The van der Waals surface area contributed by atoms with Crippen molar-refractivity contribution in [2.45, 2.75) is 43.3 Å². The summed E-state index contributed by atoms with van der Waals surface area (Å²) in [7, 11) is 0. The van der Waals surface area contributed by atoms with Gasteiger partial charge in [-0.05, 0) is 50.9 Å². The molecule has 1 heterocycles. The molecule has 0 bridgehead atoms. The Bertz CT molecular complexity index is 200. The van der Waals surface area contributed by atoms with Gasteiger partial charge in [-0.25, -0.2) is 0 Å². The Morgan fingerprint density at radius 3 is 2.38 bits per heavy atom. The molecule has 2 nitrogen and oxygen atoms in total. The van der Waals surface area contributed by atoms with E-state index in [-0.39, 0.29) is 0 Å². The number of nitrogens with two attached hydrogens (primary N) is 1. The molecule has 0 aromatic heterocycles. The van der Waals surface area contributed by atoms with Gasteiger partial charge in [0, 0.05) is 17.8 Å². The van der Waals surface area contributed by atoms with Crippen molar-refractivity contribution in [2.75, 3.05) is 32.4 Å². The zero-order chi connectivity index (χ0) is 11.4. The minimum Gasteiger partial charge on any atom is -0.329 e. The second-order valence-corrected chi connectivity index (χ2v) is 6.82. The van der Waals surface area contributed by atoms with E-state index < -0.39 is 0 Å². The molecule has 2 aliphatic rings. The molecule has 2 N–H and O–H groups in total. The van der Waals surface area contributed by atoms with Crippen LogP contribution in [0.15, 0.2) is 0 Å². The van der Waals surface area contributed by atoms with E-state index in [1.165, 1.54) is 58.2 Å². The molecule has 0 spiro atoms. The van der Waals surface area contributed by atoms with Gasteiger partial charge in [-0.2, -0.15) is 11.8 Å². The van der Waals surface area contributed by atoms with E-state index in [4.69, 9.17) is 5.73 Å². The molecule has 1 saturated heterocycles. The van der Waals surface area contributed by atoms with Gasteiger partial charge in [0.2, 0.25) is 0 Å². The van der Waals surface area contributed by atoms with E-state index >= 15 is 0 Å². The maximum absolute atomic E-state index is 5.92. The molecular weight excluding hydrogens is 216 g/mol. The van der Waals surface area contributed by atoms with Crippen molar-refractivity contribution < 1.29 is 0 Å². The zero-order valence-corrected chi connectivity index (χ0v) is 11.4. The molecule has 94 valence electrons. The van der Waals surface area contributed by atoms with Gasteiger partial charge >= 0.3 is 0 Å². The number of hydrogen-bond donors (Lipinski definition) is 1. The summed E-state index contributed by atoms with van der Waals surface area (Å²) in [6.45, 7) is 4.75. The van der Waals surface area contributed by atoms with Crippen molar-refractivity contribution in [3.8, 4) is 0 Å². The zero-order valence-electron chi connectivity index (χ0n) is 10.6. The highest BCUT2D eigenvalue weighted by Gasteiger charge is 2.33. The minimum absolute atomic E-state index is 0.395. The van der Waals surface area contributed by atoms with Crippen molar-refractivity contribution in [1.82, 2.24) is 4.90 Å². The van der Waals surface area contributed by atoms with Crippen molar-refractivity contribution >= 4 is 11.8 Å². The predicted molar refractivity (Wildman–Crippen MR) is 72.9 cm³/mol. The molecule has 3 heteroatoms. The highest BCUT2D eigenvalue weighted by Crippen LogP contribution is 2.34. The Morgan fingerprint density at radius 2 is 1.88 bits per heavy atom. The first kappa shape index (κ1) is 12.7. The summed E-state index contributed by atoms with van der Waals surface area (Å²) >= 11 is 1.99. The summed E-state index contributed by atoms with van der Waals surface area (Å²) in [5.41, 5.74) is 5.92. The molecule has 0 unspecified atom stereocenters. The van der Waals surface area contributed by atoms with Gasteiger partial charge < -0.3 is 10.6 Å². The third kappa shape index (κ3) is 2.93. The second kappa shape index (κ2) is 5.74. The number of rotatable bonds is 4. The predicted octanol–water partition coefficient (Wildman–Crippen LogP) is 2.33. The van der Waals surface area contributed by atoms with Gasteiger partial charge in [0.1, 0.15) is 0 Å². The van der Waals surface area contributed by atoms with Gasteiger partial charge in [-0.15, -0.1) is 0 Å². The average Bonchev–Trinajstić information content (AvgIpc) is 2.83. The first-order valence-corrected chi connectivity index (χ1v) is 7.98. The molecule has 0 amide bonds. The number of thioether (sulfide) groups is 1. The van der Waals surface area contributed by atoms with Crippen molar-refractivity contribution in [1.29, 1.82) is 0 Å². The van der Waals surface area contributed by atoms with E-state index in [1.807, 2.05) is 11.8 Å². The smallest absolute Gasteiger partial charge is 0.0303 e. The minimum atomic E-state index is 0.395. The molecule has 16 heavy (non-hydrogen) atoms. The fourth-order valence-corrected chi connectivity index (χ4v) is 3.95. The molecule has 0 atom stereocenters. The third-order valence-corrected chi connectivity index (χ3v) is 6.00. The summed E-state index contributed by atoms with van der Waals surface area (Å²) in [5, 5.41) is 0. The SMILES string of the molecule is CSC1(CN)CCN(CC2CCCC2)CC1. The summed E-state index contributed by atoms with van der Waals surface area (Å²) in [6.07, 6.45) is 10.7. The van der Waals surface area contributed by atoms with Crippen LogP contribution in [0.2, 0.25) is 0 Å². The van der Waals surface area contributed by atoms with Crippen LogP contribution in [0, 0.1) is 5.92 Å². The Hall–Kier alpha value is 0.270. The van der Waals surface area contributed by atoms with E-state index in [1.54, 1.807) is 0 Å². The molecule has 1 aliphatic carbocycles. The number of hydrogen-bond acceptors (Lipinski definition) is 3. The third-order valence-electron chi connectivity index (χ3n) is 4.56. The van der Waals surface area contributed by atoms with Crippen LogP contribution < -0.4 is 5.73 Å². The van der Waals surface area contributed by atoms with E-state index in [2.05, 4.69) is 11.2 Å². The lowest BCUT2D eigenvalue weighted by Crippen LogP contribution is -2.47. The lowest BCUT2D eigenvalue weighted by Gasteiger charge is -2.40. The van der Waals surface area contributed by atoms with Crippen molar-refractivity contribution in [3.05, 3.63) is 0 Å². The molecule has 0 aromatic carbocycles. The highest BCUT2D eigenvalue weighted by atomic mass is 32.2. The fourth-order valence-electron chi connectivity index (χ4n) is 3.19. The molecule has 0 aromatic rings. The Morgan fingerprint density at radius 1 is 1.25 bits per heavy atom. The van der Waals surface area contributed by atoms with E-state index in [0.29, 0.717) is 4.75 Å². The van der Waals surface area contributed by atoms with Crippen LogP contribution in [-0.2, 0) is 0 Å². The monoisotopic (exact) mass is 242 g/mol. The summed E-state index contributed by atoms with van der Waals surface area (Å²) in [4.78, 5) is 2.68. The van der Waals surface area contributed by atoms with E-state index in [9.17, 15) is 0 Å². The van der Waals surface area contributed by atoms with Gasteiger partial charge in [0.25, 0.3) is 0 Å². The first-order chi connectivity index (χ1) is 7.78. The number of piperidine rings is 1. The molecule has 1 aliphatic heterocycles.